The van der Waals surface area contributed by atoms with E-state index < -0.39 is 0 Å². The van der Waals surface area contributed by atoms with Gasteiger partial charge in [-0.05, 0) is 63.7 Å². The van der Waals surface area contributed by atoms with Gasteiger partial charge in [-0.15, -0.1) is 0 Å². The zero-order chi connectivity index (χ0) is 26.3. The molecule has 0 saturated carbocycles. The first-order valence-electron chi connectivity index (χ1n) is 11.5. The van der Waals surface area contributed by atoms with Gasteiger partial charge in [0.15, 0.2) is 11.5 Å². The second-order valence-corrected chi connectivity index (χ2v) is 10.6. The van der Waals surface area contributed by atoms with Gasteiger partial charge >= 0.3 is 0 Å². The predicted octanol–water partition coefficient (Wildman–Crippen LogP) is 8.09. The molecule has 0 unspecified atom stereocenters. The lowest BCUT2D eigenvalue weighted by molar-refractivity contribution is -0.385. The third kappa shape index (κ3) is 4.85. The fourth-order valence-electron chi connectivity index (χ4n) is 5.10. The highest BCUT2D eigenvalue weighted by molar-refractivity contribution is 9.10. The number of hydrogen-bond donors (Lipinski definition) is 1. The standard InChI is InChI=1S/C27H23BrCl2N2O5/c1-35-23-12-17(32(33)34)11-20-18-4-3-5-19(18)25(31-26(20)23)15-8-21(28)27(24(9-15)36-2)37-13-14-6-7-16(29)10-22(14)30/h3-4,6-12,18-19,25,31H,5,13H2,1-2H3/t18-,19+,25+/m0/s1. The van der Waals surface area contributed by atoms with Gasteiger partial charge in [-0.1, -0.05) is 41.4 Å². The molecule has 5 rings (SSSR count). The Balaban J connectivity index is 1.49. The number of halogens is 3. The Bertz CT molecular complexity index is 1410. The lowest BCUT2D eigenvalue weighted by Crippen LogP contribution is -2.29. The van der Waals surface area contributed by atoms with Gasteiger partial charge in [0.25, 0.3) is 5.69 Å². The molecule has 0 aromatic heterocycles. The first-order chi connectivity index (χ1) is 17.8. The van der Waals surface area contributed by atoms with Crippen molar-refractivity contribution >= 4 is 50.5 Å². The number of rotatable bonds is 7. The maximum Gasteiger partial charge on any atom is 0.273 e. The highest BCUT2D eigenvalue weighted by Gasteiger charge is 2.40. The van der Waals surface area contributed by atoms with Crippen LogP contribution >= 0.6 is 39.1 Å². The molecule has 2 aliphatic rings. The summed E-state index contributed by atoms with van der Waals surface area (Å²) in [6.07, 6.45) is 5.09. The van der Waals surface area contributed by atoms with Crippen molar-refractivity contribution in [1.29, 1.82) is 0 Å². The molecule has 0 saturated heterocycles. The van der Waals surface area contributed by atoms with Gasteiger partial charge in [-0.2, -0.15) is 0 Å². The number of nitro benzene ring substituents is 1. The normalized spacial score (nSPS) is 19.5. The van der Waals surface area contributed by atoms with Crippen molar-refractivity contribution < 1.29 is 19.1 Å². The first-order valence-corrected chi connectivity index (χ1v) is 13.1. The minimum absolute atomic E-state index is 0.0154. The summed E-state index contributed by atoms with van der Waals surface area (Å²) in [5.41, 5.74) is 3.44. The van der Waals surface area contributed by atoms with E-state index in [2.05, 4.69) is 33.4 Å². The zero-order valence-electron chi connectivity index (χ0n) is 20.0. The van der Waals surface area contributed by atoms with Crippen LogP contribution in [0.3, 0.4) is 0 Å². The number of fused-ring (bicyclic) bond motifs is 3. The van der Waals surface area contributed by atoms with E-state index in [1.807, 2.05) is 18.2 Å². The second kappa shape index (κ2) is 10.4. The number of anilines is 1. The fourth-order valence-corrected chi connectivity index (χ4v) is 6.13. The summed E-state index contributed by atoms with van der Waals surface area (Å²) in [5, 5.41) is 16.2. The molecule has 0 radical (unpaired) electrons. The SMILES string of the molecule is COc1cc([N+](=O)[O-])cc2c1N[C@H](c1cc(Br)c(OCc3ccc(Cl)cc3Cl)c(OC)c1)[C@@H]1CC=C[C@H]21. The number of nitrogens with zero attached hydrogens (tertiary/aromatic N) is 1. The topological polar surface area (TPSA) is 82.9 Å². The molecule has 0 amide bonds. The molecule has 3 atom stereocenters. The Labute approximate surface area is 232 Å². The molecule has 0 spiro atoms. The van der Waals surface area contributed by atoms with Gasteiger partial charge in [0.1, 0.15) is 12.4 Å². The third-order valence-electron chi connectivity index (χ3n) is 6.85. The molecule has 7 nitrogen and oxygen atoms in total. The molecule has 1 N–H and O–H groups in total. The molecular formula is C27H23BrCl2N2O5. The van der Waals surface area contributed by atoms with E-state index in [1.54, 1.807) is 25.3 Å². The molecule has 3 aromatic carbocycles. The smallest absolute Gasteiger partial charge is 0.273 e. The summed E-state index contributed by atoms with van der Waals surface area (Å²) in [6, 6.07) is 12.3. The average Bonchev–Trinajstić information content (AvgIpc) is 3.37. The summed E-state index contributed by atoms with van der Waals surface area (Å²) in [4.78, 5) is 11.1. The predicted molar refractivity (Wildman–Crippen MR) is 147 cm³/mol. The molecule has 3 aromatic rings. The first kappa shape index (κ1) is 25.7. The molecular weight excluding hydrogens is 583 g/mol. The highest BCUT2D eigenvalue weighted by atomic mass is 79.9. The van der Waals surface area contributed by atoms with Crippen molar-refractivity contribution in [3.8, 4) is 17.2 Å². The monoisotopic (exact) mass is 604 g/mol. The maximum absolute atomic E-state index is 11.5. The van der Waals surface area contributed by atoms with Gasteiger partial charge in [0.05, 0.1) is 41.4 Å². The summed E-state index contributed by atoms with van der Waals surface area (Å²) >= 11 is 16.0. The molecule has 1 aliphatic heterocycles. The largest absolute Gasteiger partial charge is 0.494 e. The van der Waals surface area contributed by atoms with Crippen molar-refractivity contribution in [2.24, 2.45) is 5.92 Å². The van der Waals surface area contributed by atoms with Crippen molar-refractivity contribution in [2.45, 2.75) is 25.0 Å². The number of non-ortho nitro benzene ring substituents is 1. The second-order valence-electron chi connectivity index (χ2n) is 8.90. The molecule has 1 aliphatic carbocycles. The van der Waals surface area contributed by atoms with E-state index in [4.69, 9.17) is 37.4 Å². The van der Waals surface area contributed by atoms with Crippen molar-refractivity contribution in [2.75, 3.05) is 19.5 Å². The van der Waals surface area contributed by atoms with Crippen LogP contribution in [0.5, 0.6) is 17.2 Å². The summed E-state index contributed by atoms with van der Waals surface area (Å²) < 4.78 is 18.1. The van der Waals surface area contributed by atoms with E-state index in [0.29, 0.717) is 27.3 Å². The molecule has 37 heavy (non-hydrogen) atoms. The molecule has 10 heteroatoms. The third-order valence-corrected chi connectivity index (χ3v) is 8.02. The van der Waals surface area contributed by atoms with E-state index in [-0.39, 0.29) is 35.1 Å². The zero-order valence-corrected chi connectivity index (χ0v) is 23.1. The minimum atomic E-state index is -0.388. The molecule has 192 valence electrons. The Hall–Kier alpha value is -2.94. The van der Waals surface area contributed by atoms with Crippen LogP contribution in [0.4, 0.5) is 11.4 Å². The van der Waals surface area contributed by atoms with E-state index in [0.717, 1.165) is 33.3 Å². The van der Waals surface area contributed by atoms with Crippen LogP contribution in [-0.2, 0) is 6.61 Å². The Morgan fingerprint density at radius 1 is 1.11 bits per heavy atom. The van der Waals surface area contributed by atoms with Crippen LogP contribution in [0.15, 0.2) is 59.1 Å². The van der Waals surface area contributed by atoms with Crippen LogP contribution in [0.25, 0.3) is 0 Å². The van der Waals surface area contributed by atoms with Crippen LogP contribution in [0, 0.1) is 16.0 Å². The van der Waals surface area contributed by atoms with E-state index >= 15 is 0 Å². The fraction of sp³-hybridized carbons (Fsp3) is 0.259. The molecule has 0 fully saturated rings. The average molecular weight is 606 g/mol. The molecule has 1 heterocycles. The van der Waals surface area contributed by atoms with Gasteiger partial charge in [0.2, 0.25) is 0 Å². The number of allylic oxidation sites excluding steroid dienone is 2. The van der Waals surface area contributed by atoms with Gasteiger partial charge in [0, 0.05) is 27.6 Å². The van der Waals surface area contributed by atoms with E-state index in [1.165, 1.54) is 13.2 Å². The number of nitro groups is 1. The highest BCUT2D eigenvalue weighted by Crippen LogP contribution is 2.54. The van der Waals surface area contributed by atoms with Crippen LogP contribution < -0.4 is 19.5 Å². The van der Waals surface area contributed by atoms with Crippen LogP contribution in [0.1, 0.15) is 35.1 Å². The van der Waals surface area contributed by atoms with Gasteiger partial charge in [-0.3, -0.25) is 10.1 Å². The summed E-state index contributed by atoms with van der Waals surface area (Å²) in [7, 11) is 3.12. The van der Waals surface area contributed by atoms with Crippen molar-refractivity contribution in [3.05, 3.63) is 95.9 Å². The lowest BCUT2D eigenvalue weighted by Gasteiger charge is -2.38. The Kier molecular flexibility index (Phi) is 7.25. The van der Waals surface area contributed by atoms with Gasteiger partial charge < -0.3 is 19.5 Å². The Morgan fingerprint density at radius 3 is 2.59 bits per heavy atom. The lowest BCUT2D eigenvalue weighted by atomic mass is 9.76. The quantitative estimate of drug-likeness (QED) is 0.166. The van der Waals surface area contributed by atoms with E-state index in [9.17, 15) is 10.1 Å². The van der Waals surface area contributed by atoms with Crippen LogP contribution in [-0.4, -0.2) is 19.1 Å². The van der Waals surface area contributed by atoms with Gasteiger partial charge in [-0.25, -0.2) is 0 Å². The summed E-state index contributed by atoms with van der Waals surface area (Å²) in [5.74, 6) is 1.75. The maximum atomic E-state index is 11.5. The van der Waals surface area contributed by atoms with Crippen LogP contribution in [0.2, 0.25) is 10.0 Å². The summed E-state index contributed by atoms with van der Waals surface area (Å²) in [6.45, 7) is 0.240. The number of nitrogens with one attached hydrogen (secondary N) is 1. The number of ether oxygens (including phenoxy) is 3. The minimum Gasteiger partial charge on any atom is -0.494 e. The number of hydrogen-bond acceptors (Lipinski definition) is 6. The number of methoxy groups -OCH3 is 2. The number of benzene rings is 3. The Morgan fingerprint density at radius 2 is 1.89 bits per heavy atom. The molecule has 0 bridgehead atoms. The van der Waals surface area contributed by atoms with Crippen molar-refractivity contribution in [1.82, 2.24) is 0 Å². The van der Waals surface area contributed by atoms with Crippen molar-refractivity contribution in [3.63, 3.8) is 0 Å².